The van der Waals surface area contributed by atoms with Crippen molar-refractivity contribution in [3.63, 3.8) is 0 Å². The summed E-state index contributed by atoms with van der Waals surface area (Å²) in [5.74, 6) is 0.292. The number of ether oxygens (including phenoxy) is 2. The molecule has 1 aromatic heterocycles. The molecule has 0 amide bonds. The Bertz CT molecular complexity index is 1620. The van der Waals surface area contributed by atoms with Crippen LogP contribution in [0.5, 0.6) is 11.5 Å². The van der Waals surface area contributed by atoms with Crippen molar-refractivity contribution in [1.82, 2.24) is 4.57 Å². The number of allylic oxidation sites excluding steroid dienone is 1. The number of fused-ring (bicyclic) bond motifs is 1. The number of halogens is 2. The summed E-state index contributed by atoms with van der Waals surface area (Å²) in [5, 5.41) is 20.1. The van der Waals surface area contributed by atoms with Gasteiger partial charge < -0.3 is 15.2 Å². The van der Waals surface area contributed by atoms with E-state index in [9.17, 15) is 15.3 Å². The van der Waals surface area contributed by atoms with E-state index >= 15 is 0 Å². The van der Waals surface area contributed by atoms with E-state index in [0.717, 1.165) is 20.3 Å². The second-order valence-electron chi connectivity index (χ2n) is 7.20. The van der Waals surface area contributed by atoms with Crippen molar-refractivity contribution >= 4 is 60.7 Å². The topological polar surface area (TPSA) is 114 Å². The van der Waals surface area contributed by atoms with Gasteiger partial charge in [0.2, 0.25) is 0 Å². The summed E-state index contributed by atoms with van der Waals surface area (Å²) in [4.78, 5) is 13.4. The summed E-state index contributed by atoms with van der Waals surface area (Å²) in [6.45, 7) is 0. The summed E-state index contributed by atoms with van der Waals surface area (Å²) in [6.07, 6.45) is 1.69. The van der Waals surface area contributed by atoms with Crippen LogP contribution in [0.1, 0.15) is 17.0 Å². The first-order chi connectivity index (χ1) is 16.3. The summed E-state index contributed by atoms with van der Waals surface area (Å²) in [7, 11) is 3.06. The molecule has 0 radical (unpaired) electrons. The smallest absolute Gasteiger partial charge is 0.274 e. The molecule has 0 fully saturated rings. The molecule has 2 aromatic carbocycles. The first kappa shape index (κ1) is 23.8. The van der Waals surface area contributed by atoms with E-state index in [0.29, 0.717) is 31.8 Å². The molecule has 1 aliphatic rings. The standard InChI is InChI=1S/C24H16Br2N4O3S/c1-32-18-5-3-13(25)7-12(18)8-20-23(31)30-22(29)16(10-27)21(17(11-28)24(30)34-20)15-9-14(26)4-6-19(15)33-2/h3-9,21H,29H2,1-2H3/b20-8+. The lowest BCUT2D eigenvalue weighted by atomic mass is 9.84. The number of thiazole rings is 1. The lowest BCUT2D eigenvalue weighted by Crippen LogP contribution is -2.38. The van der Waals surface area contributed by atoms with E-state index in [1.807, 2.05) is 12.1 Å². The maximum absolute atomic E-state index is 13.4. The van der Waals surface area contributed by atoms with Gasteiger partial charge in [-0.1, -0.05) is 31.9 Å². The number of aromatic nitrogens is 1. The normalized spacial score (nSPS) is 15.5. The highest BCUT2D eigenvalue weighted by molar-refractivity contribution is 9.10. The van der Waals surface area contributed by atoms with E-state index in [-0.39, 0.29) is 17.0 Å². The SMILES string of the molecule is COc1ccc(Br)cc1/C=c1/sc2n(c1=O)C(N)=C(C#N)C(c1cc(Br)ccc1OC)C=2C#N. The summed E-state index contributed by atoms with van der Waals surface area (Å²) in [6, 6.07) is 15.1. The fourth-order valence-electron chi connectivity index (χ4n) is 3.85. The van der Waals surface area contributed by atoms with Crippen molar-refractivity contribution < 1.29 is 9.47 Å². The molecule has 34 heavy (non-hydrogen) atoms. The van der Waals surface area contributed by atoms with Crippen molar-refractivity contribution in [3.05, 3.63) is 81.6 Å². The van der Waals surface area contributed by atoms with Crippen molar-refractivity contribution in [1.29, 1.82) is 10.5 Å². The Labute approximate surface area is 215 Å². The van der Waals surface area contributed by atoms with Crippen LogP contribution in [0.2, 0.25) is 0 Å². The zero-order valence-corrected chi connectivity index (χ0v) is 21.9. The zero-order chi connectivity index (χ0) is 24.6. The predicted octanol–water partition coefficient (Wildman–Crippen LogP) is 3.40. The fraction of sp³-hybridized carbons (Fsp3) is 0.125. The number of nitrogens with two attached hydrogens (primary N) is 1. The van der Waals surface area contributed by atoms with E-state index in [1.54, 1.807) is 37.5 Å². The molecule has 1 atom stereocenters. The maximum atomic E-state index is 13.4. The lowest BCUT2D eigenvalue weighted by molar-refractivity contribution is 0.409. The van der Waals surface area contributed by atoms with Gasteiger partial charge in [-0.05, 0) is 42.5 Å². The minimum absolute atomic E-state index is 0.00867. The van der Waals surface area contributed by atoms with E-state index in [2.05, 4.69) is 44.0 Å². The number of methoxy groups -OCH3 is 2. The Morgan fingerprint density at radius 2 is 1.65 bits per heavy atom. The van der Waals surface area contributed by atoms with Gasteiger partial charge in [0.25, 0.3) is 5.56 Å². The van der Waals surface area contributed by atoms with Gasteiger partial charge in [-0.2, -0.15) is 10.5 Å². The number of benzene rings is 2. The number of hydrogen-bond acceptors (Lipinski definition) is 7. The van der Waals surface area contributed by atoms with Crippen LogP contribution in [-0.4, -0.2) is 18.8 Å². The van der Waals surface area contributed by atoms with Crippen LogP contribution in [0.15, 0.2) is 55.7 Å². The van der Waals surface area contributed by atoms with Crippen molar-refractivity contribution in [2.75, 3.05) is 14.2 Å². The quantitative estimate of drug-likeness (QED) is 0.492. The second kappa shape index (κ2) is 9.51. The van der Waals surface area contributed by atoms with Crippen LogP contribution >= 0.6 is 43.2 Å². The second-order valence-corrected chi connectivity index (χ2v) is 10.1. The number of hydrogen-bond donors (Lipinski definition) is 1. The first-order valence-corrected chi connectivity index (χ1v) is 12.2. The molecule has 1 unspecified atom stereocenters. The molecule has 2 heterocycles. The van der Waals surface area contributed by atoms with Gasteiger partial charge in [-0.3, -0.25) is 9.36 Å². The van der Waals surface area contributed by atoms with Crippen LogP contribution in [0.4, 0.5) is 0 Å². The summed E-state index contributed by atoms with van der Waals surface area (Å²) >= 11 is 8.01. The number of rotatable bonds is 4. The van der Waals surface area contributed by atoms with Gasteiger partial charge in [-0.15, -0.1) is 11.3 Å². The average molecular weight is 600 g/mol. The Kier molecular flexibility index (Phi) is 6.67. The molecule has 1 aliphatic heterocycles. The predicted molar refractivity (Wildman–Crippen MR) is 138 cm³/mol. The maximum Gasteiger partial charge on any atom is 0.274 e. The minimum Gasteiger partial charge on any atom is -0.496 e. The van der Waals surface area contributed by atoms with Crippen molar-refractivity contribution in [2.24, 2.45) is 5.73 Å². The molecule has 170 valence electrons. The van der Waals surface area contributed by atoms with Crippen LogP contribution in [0.25, 0.3) is 17.5 Å². The number of nitrogens with zero attached hydrogens (tertiary/aromatic N) is 3. The molecule has 7 nitrogen and oxygen atoms in total. The molecule has 0 saturated heterocycles. The van der Waals surface area contributed by atoms with Crippen LogP contribution in [-0.2, 0) is 0 Å². The Balaban J connectivity index is 2.09. The van der Waals surface area contributed by atoms with Gasteiger partial charge >= 0.3 is 0 Å². The van der Waals surface area contributed by atoms with Crippen LogP contribution in [0.3, 0.4) is 0 Å². The van der Waals surface area contributed by atoms with Gasteiger partial charge in [0.15, 0.2) is 0 Å². The molecule has 0 bridgehead atoms. The average Bonchev–Trinajstić information content (AvgIpc) is 3.15. The molecule has 0 saturated carbocycles. The zero-order valence-electron chi connectivity index (χ0n) is 17.9. The van der Waals surface area contributed by atoms with E-state index < -0.39 is 11.5 Å². The van der Waals surface area contributed by atoms with Gasteiger partial charge in [-0.25, -0.2) is 0 Å². The molecule has 0 aliphatic carbocycles. The van der Waals surface area contributed by atoms with Crippen LogP contribution < -0.4 is 30.0 Å². The Morgan fingerprint density at radius 1 is 1.03 bits per heavy atom. The molecular weight excluding hydrogens is 584 g/mol. The molecule has 10 heteroatoms. The third-order valence-corrected chi connectivity index (χ3v) is 7.46. The van der Waals surface area contributed by atoms with Crippen molar-refractivity contribution in [2.45, 2.75) is 5.92 Å². The highest BCUT2D eigenvalue weighted by Crippen LogP contribution is 2.41. The fourth-order valence-corrected chi connectivity index (χ4v) is 5.73. The molecule has 3 aromatic rings. The lowest BCUT2D eigenvalue weighted by Gasteiger charge is -2.24. The summed E-state index contributed by atoms with van der Waals surface area (Å²) in [5.41, 5.74) is 7.57. The van der Waals surface area contributed by atoms with Crippen molar-refractivity contribution in [3.8, 4) is 23.6 Å². The Hall–Kier alpha value is -3.31. The highest BCUT2D eigenvalue weighted by atomic mass is 79.9. The van der Waals surface area contributed by atoms with E-state index in [4.69, 9.17) is 15.2 Å². The third kappa shape index (κ3) is 3.94. The van der Waals surface area contributed by atoms with E-state index in [1.165, 1.54) is 11.7 Å². The molecule has 2 N–H and O–H groups in total. The molecule has 0 spiro atoms. The highest BCUT2D eigenvalue weighted by Gasteiger charge is 2.34. The third-order valence-electron chi connectivity index (χ3n) is 5.37. The van der Waals surface area contributed by atoms with Crippen LogP contribution in [0, 0.1) is 22.7 Å². The monoisotopic (exact) mass is 598 g/mol. The van der Waals surface area contributed by atoms with Gasteiger partial charge in [0.05, 0.1) is 48.0 Å². The molecular formula is C24H16Br2N4O3S. The minimum atomic E-state index is -0.784. The number of nitriles is 2. The Morgan fingerprint density at radius 3 is 2.26 bits per heavy atom. The largest absolute Gasteiger partial charge is 0.496 e. The summed E-state index contributed by atoms with van der Waals surface area (Å²) < 4.78 is 14.4. The van der Waals surface area contributed by atoms with Gasteiger partial charge in [0, 0.05) is 20.1 Å². The van der Waals surface area contributed by atoms with Gasteiger partial charge in [0.1, 0.15) is 22.0 Å². The molecule has 4 rings (SSSR count). The first-order valence-electron chi connectivity index (χ1n) is 9.79.